The van der Waals surface area contributed by atoms with Gasteiger partial charge in [-0.3, -0.25) is 4.79 Å². The van der Waals surface area contributed by atoms with Crippen molar-refractivity contribution in [2.75, 3.05) is 11.9 Å². The van der Waals surface area contributed by atoms with Gasteiger partial charge in [-0.05, 0) is 50.6 Å². The normalized spacial score (nSPS) is 10.9. The lowest BCUT2D eigenvalue weighted by atomic mass is 10.2. The number of rotatable bonds is 6. The van der Waals surface area contributed by atoms with Crippen LogP contribution in [0.5, 0.6) is 0 Å². The summed E-state index contributed by atoms with van der Waals surface area (Å²) >= 11 is 6.06. The average molecular weight is 415 g/mol. The molecule has 0 aliphatic carbocycles. The van der Waals surface area contributed by atoms with E-state index in [2.05, 4.69) is 9.88 Å². The molecule has 1 N–H and O–H groups in total. The van der Waals surface area contributed by atoms with E-state index >= 15 is 0 Å². The molecule has 0 radical (unpaired) electrons. The van der Waals surface area contributed by atoms with E-state index in [1.807, 2.05) is 37.5 Å². The maximum atomic E-state index is 12.8. The first-order valence-electron chi connectivity index (χ1n) is 9.61. The maximum Gasteiger partial charge on any atom is 0.338 e. The van der Waals surface area contributed by atoms with Crippen LogP contribution >= 0.6 is 11.6 Å². The van der Waals surface area contributed by atoms with E-state index in [-0.39, 0.29) is 18.4 Å². The molecule has 3 aromatic rings. The summed E-state index contributed by atoms with van der Waals surface area (Å²) < 4.78 is 9.14. The van der Waals surface area contributed by atoms with Crippen molar-refractivity contribution >= 4 is 40.2 Å². The number of amides is 1. The molecule has 3 rings (SSSR count). The number of nitrogens with one attached hydrogen (secondary N) is 1. The number of imidazole rings is 1. The summed E-state index contributed by atoms with van der Waals surface area (Å²) in [5.74, 6) is 0.392. The van der Waals surface area contributed by atoms with E-state index in [1.54, 1.807) is 31.2 Å². The Labute approximate surface area is 175 Å². The van der Waals surface area contributed by atoms with Gasteiger partial charge < -0.3 is 10.1 Å². The fourth-order valence-electron chi connectivity index (χ4n) is 3.46. The molecule has 0 saturated heterocycles. The number of carbonyl (C=O) groups excluding carboxylic acids is 2. The summed E-state index contributed by atoms with van der Waals surface area (Å²) in [6.07, 6.45) is 0. The number of hydrogen-bond donors (Lipinski definition) is 1. The predicted octanol–water partition coefficient (Wildman–Crippen LogP) is 4.03. The fraction of sp³-hybridized carbons (Fsp3) is 0.318. The highest BCUT2D eigenvalue weighted by Gasteiger charge is 2.24. The molecule has 0 atom stereocenters. The first-order chi connectivity index (χ1) is 13.8. The molecule has 2 aromatic carbocycles. The zero-order chi connectivity index (χ0) is 21.1. The molecule has 0 spiro atoms. The summed E-state index contributed by atoms with van der Waals surface area (Å²) in [7, 11) is 0. The van der Waals surface area contributed by atoms with Crippen LogP contribution in [-0.2, 0) is 22.6 Å². The molecule has 7 heteroatoms. The zero-order valence-corrected chi connectivity index (χ0v) is 17.8. The van der Waals surface area contributed by atoms with Crippen molar-refractivity contribution in [2.24, 2.45) is 0 Å². The lowest BCUT2D eigenvalue weighted by molar-refractivity contribution is -0.674. The van der Waals surface area contributed by atoms with Gasteiger partial charge in [-0.15, -0.1) is 0 Å². The van der Waals surface area contributed by atoms with Crippen LogP contribution in [0.4, 0.5) is 5.69 Å². The number of aryl methyl sites for hydroxylation is 2. The predicted molar refractivity (Wildman–Crippen MR) is 113 cm³/mol. The Morgan fingerprint density at radius 3 is 2.59 bits per heavy atom. The topological polar surface area (TPSA) is 64.2 Å². The van der Waals surface area contributed by atoms with Crippen molar-refractivity contribution in [1.29, 1.82) is 0 Å². The van der Waals surface area contributed by atoms with Crippen molar-refractivity contribution in [2.45, 2.75) is 40.8 Å². The van der Waals surface area contributed by atoms with E-state index in [0.29, 0.717) is 22.9 Å². The molecule has 0 unspecified atom stereocenters. The third-order valence-electron chi connectivity index (χ3n) is 4.94. The third-order valence-corrected chi connectivity index (χ3v) is 5.18. The summed E-state index contributed by atoms with van der Waals surface area (Å²) in [6.45, 7) is 8.89. The highest BCUT2D eigenvalue weighted by atomic mass is 35.5. The summed E-state index contributed by atoms with van der Waals surface area (Å²) in [5, 5.41) is 3.50. The largest absolute Gasteiger partial charge is 0.462 e. The summed E-state index contributed by atoms with van der Waals surface area (Å²) in [6, 6.07) is 10.8. The highest BCUT2D eigenvalue weighted by Crippen LogP contribution is 2.21. The van der Waals surface area contributed by atoms with Gasteiger partial charge in [0.2, 0.25) is 0 Å². The van der Waals surface area contributed by atoms with Gasteiger partial charge in [-0.1, -0.05) is 17.7 Å². The van der Waals surface area contributed by atoms with Crippen molar-refractivity contribution < 1.29 is 18.9 Å². The van der Waals surface area contributed by atoms with Crippen molar-refractivity contribution in [3.8, 4) is 0 Å². The van der Waals surface area contributed by atoms with Crippen LogP contribution in [0.25, 0.3) is 11.0 Å². The molecule has 0 bridgehead atoms. The first-order valence-corrected chi connectivity index (χ1v) is 9.99. The molecule has 1 amide bonds. The molecular formula is C22H25ClN3O3+. The Bertz CT molecular complexity index is 1090. The van der Waals surface area contributed by atoms with E-state index in [1.165, 1.54) is 0 Å². The molecule has 6 nitrogen and oxygen atoms in total. The number of hydrogen-bond acceptors (Lipinski definition) is 3. The molecule has 29 heavy (non-hydrogen) atoms. The summed E-state index contributed by atoms with van der Waals surface area (Å²) in [5.41, 5.74) is 3.86. The lowest BCUT2D eigenvalue weighted by Gasteiger charge is -2.08. The number of anilines is 1. The molecule has 0 fully saturated rings. The van der Waals surface area contributed by atoms with Crippen molar-refractivity contribution in [1.82, 2.24) is 4.57 Å². The van der Waals surface area contributed by atoms with Crippen LogP contribution in [0, 0.1) is 13.8 Å². The Morgan fingerprint density at radius 2 is 1.90 bits per heavy atom. The molecular weight excluding hydrogens is 390 g/mol. The standard InChI is InChI=1S/C22H24ClN3O3/c1-5-25-15(4)26(13-21(27)24-18-12-17(23)9-7-14(18)3)20-11-16(8-10-19(20)25)22(28)29-6-2/h7-12H,5-6,13H2,1-4H3/p+1. The number of nitrogens with zero attached hydrogens (tertiary/aromatic N) is 2. The minimum Gasteiger partial charge on any atom is -0.462 e. The maximum absolute atomic E-state index is 12.8. The second-order valence-electron chi connectivity index (χ2n) is 6.81. The summed E-state index contributed by atoms with van der Waals surface area (Å²) in [4.78, 5) is 24.9. The van der Waals surface area contributed by atoms with Crippen LogP contribution in [0.15, 0.2) is 36.4 Å². The van der Waals surface area contributed by atoms with E-state index in [9.17, 15) is 9.59 Å². The quantitative estimate of drug-likeness (QED) is 0.489. The Morgan fingerprint density at radius 1 is 1.14 bits per heavy atom. The molecule has 0 saturated carbocycles. The zero-order valence-electron chi connectivity index (χ0n) is 17.1. The van der Waals surface area contributed by atoms with E-state index in [0.717, 1.165) is 29.0 Å². The Balaban J connectivity index is 1.97. The SMILES string of the molecule is CCOC(=O)c1ccc2c(c1)n(CC(=O)Nc1cc(Cl)ccc1C)c(C)[n+]2CC. The fourth-order valence-corrected chi connectivity index (χ4v) is 3.64. The monoisotopic (exact) mass is 414 g/mol. The second-order valence-corrected chi connectivity index (χ2v) is 7.25. The van der Waals surface area contributed by atoms with Gasteiger partial charge in [0.25, 0.3) is 11.7 Å². The van der Waals surface area contributed by atoms with Gasteiger partial charge in [0.05, 0.1) is 18.7 Å². The number of aromatic nitrogens is 2. The van der Waals surface area contributed by atoms with Crippen LogP contribution < -0.4 is 9.88 Å². The number of ether oxygens (including phenoxy) is 1. The third kappa shape index (κ3) is 4.27. The minimum absolute atomic E-state index is 0.119. The molecule has 1 heterocycles. The van der Waals surface area contributed by atoms with Crippen LogP contribution in [0.1, 0.15) is 35.6 Å². The van der Waals surface area contributed by atoms with Crippen LogP contribution in [0.2, 0.25) is 5.02 Å². The van der Waals surface area contributed by atoms with Crippen LogP contribution in [-0.4, -0.2) is 23.1 Å². The molecule has 1 aromatic heterocycles. The molecule has 0 aliphatic rings. The van der Waals surface area contributed by atoms with Crippen molar-refractivity contribution in [3.05, 3.63) is 58.4 Å². The van der Waals surface area contributed by atoms with Gasteiger partial charge >= 0.3 is 5.97 Å². The number of benzene rings is 2. The smallest absolute Gasteiger partial charge is 0.338 e. The van der Waals surface area contributed by atoms with Gasteiger partial charge in [-0.2, -0.15) is 0 Å². The highest BCUT2D eigenvalue weighted by molar-refractivity contribution is 6.31. The van der Waals surface area contributed by atoms with Gasteiger partial charge in [0.1, 0.15) is 0 Å². The number of esters is 1. The lowest BCUT2D eigenvalue weighted by Crippen LogP contribution is -2.35. The van der Waals surface area contributed by atoms with Gasteiger partial charge in [0, 0.05) is 23.7 Å². The van der Waals surface area contributed by atoms with Gasteiger partial charge in [-0.25, -0.2) is 13.9 Å². The second kappa shape index (κ2) is 8.66. The number of halogens is 1. The first kappa shape index (κ1) is 20.9. The molecule has 152 valence electrons. The van der Waals surface area contributed by atoms with E-state index < -0.39 is 0 Å². The molecule has 0 aliphatic heterocycles. The Kier molecular flexibility index (Phi) is 6.23. The van der Waals surface area contributed by atoms with Gasteiger partial charge in [0.15, 0.2) is 17.6 Å². The van der Waals surface area contributed by atoms with E-state index in [4.69, 9.17) is 16.3 Å². The number of fused-ring (bicyclic) bond motifs is 1. The minimum atomic E-state index is -0.373. The average Bonchev–Trinajstić information content (AvgIpc) is 2.95. The Hall–Kier alpha value is -2.86. The number of carbonyl (C=O) groups is 2. The van der Waals surface area contributed by atoms with Crippen molar-refractivity contribution in [3.63, 3.8) is 0 Å². The van der Waals surface area contributed by atoms with Crippen LogP contribution in [0.3, 0.4) is 0 Å².